The monoisotopic (exact) mass is 492 g/mol. The van der Waals surface area contributed by atoms with Crippen molar-refractivity contribution in [3.63, 3.8) is 0 Å². The molecule has 2 heterocycles. The maximum atomic E-state index is 6.61. The minimum Gasteiger partial charge on any atom is -0.455 e. The summed E-state index contributed by atoms with van der Waals surface area (Å²) in [6.45, 7) is 0. The lowest BCUT2D eigenvalue weighted by atomic mass is 9.96. The molecule has 0 spiro atoms. The molecule has 0 amide bonds. The molecule has 0 bridgehead atoms. The number of rotatable bonds is 4. The van der Waals surface area contributed by atoms with Crippen LogP contribution in [0.15, 0.2) is 130 Å². The van der Waals surface area contributed by atoms with Gasteiger partial charge in [-0.25, -0.2) is 0 Å². The van der Waals surface area contributed by atoms with Gasteiger partial charge in [0.05, 0.1) is 0 Å². The van der Waals surface area contributed by atoms with E-state index in [0.717, 1.165) is 66.8 Å². The summed E-state index contributed by atoms with van der Waals surface area (Å²) in [6, 6.07) is 40.4. The fourth-order valence-electron chi connectivity index (χ4n) is 5.14. The molecule has 0 saturated heterocycles. The average molecular weight is 493 g/mol. The Hall–Kier alpha value is -5.22. The molecule has 7 aromatic rings. The largest absolute Gasteiger partial charge is 0.455 e. The Morgan fingerprint density at radius 3 is 1.13 bits per heavy atom. The lowest BCUT2D eigenvalue weighted by molar-refractivity contribution is 0.628. The molecule has 0 aliphatic heterocycles. The van der Waals surface area contributed by atoms with E-state index in [-0.39, 0.29) is 0 Å². The van der Waals surface area contributed by atoms with Crippen LogP contribution >= 0.6 is 0 Å². The van der Waals surface area contributed by atoms with E-state index in [1.54, 1.807) is 0 Å². The summed E-state index contributed by atoms with van der Waals surface area (Å²) in [5, 5.41) is 1.99. The third kappa shape index (κ3) is 3.62. The molecule has 2 aromatic heterocycles. The zero-order valence-corrected chi connectivity index (χ0v) is 20.5. The van der Waals surface area contributed by atoms with Gasteiger partial charge in [0.2, 0.25) is 0 Å². The topological polar surface area (TPSA) is 78.3 Å². The number of hydrogen-bond donors (Lipinski definition) is 2. The number of nitrogens with two attached hydrogens (primary N) is 2. The first kappa shape index (κ1) is 22.0. The Bertz CT molecular complexity index is 1760. The first-order valence-corrected chi connectivity index (χ1v) is 12.5. The Kier molecular flexibility index (Phi) is 5.05. The molecule has 4 nitrogen and oxygen atoms in total. The number of nitrogen functional groups attached to an aromatic ring is 2. The molecule has 4 heteroatoms. The number of anilines is 2. The van der Waals surface area contributed by atoms with E-state index in [0.29, 0.717) is 11.4 Å². The van der Waals surface area contributed by atoms with E-state index in [9.17, 15) is 0 Å². The minimum absolute atomic E-state index is 0.714. The van der Waals surface area contributed by atoms with Crippen LogP contribution in [-0.2, 0) is 0 Å². The van der Waals surface area contributed by atoms with Gasteiger partial charge in [0.15, 0.2) is 0 Å². The summed E-state index contributed by atoms with van der Waals surface area (Å²) < 4.78 is 13.2. The van der Waals surface area contributed by atoms with Crippen LogP contribution in [0.4, 0.5) is 11.4 Å². The minimum atomic E-state index is 0.714. The van der Waals surface area contributed by atoms with E-state index in [4.69, 9.17) is 20.3 Å². The van der Waals surface area contributed by atoms with Crippen LogP contribution in [-0.4, -0.2) is 0 Å². The predicted molar refractivity (Wildman–Crippen MR) is 157 cm³/mol. The van der Waals surface area contributed by atoms with Gasteiger partial charge in [-0.2, -0.15) is 0 Å². The Morgan fingerprint density at radius 1 is 0.395 bits per heavy atom. The number of hydrogen-bond acceptors (Lipinski definition) is 4. The highest BCUT2D eigenvalue weighted by atomic mass is 16.3. The van der Waals surface area contributed by atoms with Crippen molar-refractivity contribution in [2.75, 3.05) is 11.5 Å². The Balaban J connectivity index is 1.55. The normalized spacial score (nSPS) is 11.4. The van der Waals surface area contributed by atoms with Gasteiger partial charge >= 0.3 is 0 Å². The first-order chi connectivity index (χ1) is 18.7. The number of fused-ring (bicyclic) bond motifs is 2. The van der Waals surface area contributed by atoms with Gasteiger partial charge in [-0.1, -0.05) is 60.7 Å². The van der Waals surface area contributed by atoms with E-state index >= 15 is 0 Å². The molecule has 0 radical (unpaired) electrons. The van der Waals surface area contributed by atoms with Crippen molar-refractivity contribution in [2.45, 2.75) is 0 Å². The second-order valence-electron chi connectivity index (χ2n) is 9.43. The second-order valence-corrected chi connectivity index (χ2v) is 9.43. The molecule has 0 aliphatic rings. The van der Waals surface area contributed by atoms with Gasteiger partial charge < -0.3 is 20.3 Å². The van der Waals surface area contributed by atoms with E-state index in [1.807, 2.05) is 84.9 Å². The second kappa shape index (κ2) is 8.71. The van der Waals surface area contributed by atoms with Crippen LogP contribution in [0.5, 0.6) is 0 Å². The van der Waals surface area contributed by atoms with Gasteiger partial charge in [0.1, 0.15) is 22.7 Å². The van der Waals surface area contributed by atoms with Crippen molar-refractivity contribution in [1.29, 1.82) is 0 Å². The summed E-state index contributed by atoms with van der Waals surface area (Å²) in [5.41, 5.74) is 21.1. The first-order valence-electron chi connectivity index (χ1n) is 12.5. The molecule has 5 aromatic carbocycles. The standard InChI is InChI=1S/C34H24N2O2/c35-25-15-11-23(12-16-25)33-31(21-7-3-1-4-8-21)27-19-30-28(20-29(27)37-33)32(22-9-5-2-6-10-22)34(38-30)24-13-17-26(36)18-14-24/h1-20H,35-36H2. The Labute approximate surface area is 219 Å². The molecule has 0 aliphatic carbocycles. The summed E-state index contributed by atoms with van der Waals surface area (Å²) >= 11 is 0. The van der Waals surface area contributed by atoms with Crippen molar-refractivity contribution in [2.24, 2.45) is 0 Å². The maximum Gasteiger partial charge on any atom is 0.143 e. The molecule has 0 atom stereocenters. The lowest BCUT2D eigenvalue weighted by Gasteiger charge is -2.04. The van der Waals surface area contributed by atoms with Gasteiger partial charge in [0, 0.05) is 44.4 Å². The SMILES string of the molecule is Nc1ccc(-c2oc3cc4c(-c5ccccc5)c(-c5ccc(N)cc5)oc4cc3c2-c2ccccc2)cc1. The summed E-state index contributed by atoms with van der Waals surface area (Å²) in [4.78, 5) is 0. The quantitative estimate of drug-likeness (QED) is 0.240. The van der Waals surface area contributed by atoms with Gasteiger partial charge in [-0.05, 0) is 71.8 Å². The third-order valence-corrected chi connectivity index (χ3v) is 6.97. The summed E-state index contributed by atoms with van der Waals surface area (Å²) in [5.74, 6) is 1.61. The highest BCUT2D eigenvalue weighted by Crippen LogP contribution is 2.46. The van der Waals surface area contributed by atoms with Crippen molar-refractivity contribution in [3.05, 3.63) is 121 Å². The van der Waals surface area contributed by atoms with Crippen molar-refractivity contribution >= 4 is 33.3 Å². The van der Waals surface area contributed by atoms with E-state index in [2.05, 4.69) is 36.4 Å². The Morgan fingerprint density at radius 2 is 0.763 bits per heavy atom. The van der Waals surface area contributed by atoms with E-state index < -0.39 is 0 Å². The lowest BCUT2D eigenvalue weighted by Crippen LogP contribution is -1.85. The zero-order valence-electron chi connectivity index (χ0n) is 20.5. The van der Waals surface area contributed by atoms with Gasteiger partial charge in [-0.15, -0.1) is 0 Å². The van der Waals surface area contributed by atoms with Crippen LogP contribution in [0.25, 0.3) is 66.8 Å². The van der Waals surface area contributed by atoms with Crippen LogP contribution in [0.2, 0.25) is 0 Å². The average Bonchev–Trinajstić information content (AvgIpc) is 3.51. The van der Waals surface area contributed by atoms with Gasteiger partial charge in [0.25, 0.3) is 0 Å². The highest BCUT2D eigenvalue weighted by molar-refractivity contribution is 6.11. The third-order valence-electron chi connectivity index (χ3n) is 6.97. The van der Waals surface area contributed by atoms with Crippen molar-refractivity contribution in [3.8, 4) is 44.9 Å². The number of furan rings is 2. The molecule has 0 fully saturated rings. The summed E-state index contributed by atoms with van der Waals surface area (Å²) in [7, 11) is 0. The number of benzene rings is 5. The molecule has 182 valence electrons. The zero-order chi connectivity index (χ0) is 25.6. The smallest absolute Gasteiger partial charge is 0.143 e. The molecule has 0 unspecified atom stereocenters. The van der Waals surface area contributed by atoms with Crippen LogP contribution in [0.1, 0.15) is 0 Å². The fraction of sp³-hybridized carbons (Fsp3) is 0. The molecule has 4 N–H and O–H groups in total. The molecule has 0 saturated carbocycles. The van der Waals surface area contributed by atoms with Crippen LogP contribution in [0, 0.1) is 0 Å². The summed E-state index contributed by atoms with van der Waals surface area (Å²) in [6.07, 6.45) is 0. The molecular formula is C34H24N2O2. The molecular weight excluding hydrogens is 468 g/mol. The van der Waals surface area contributed by atoms with Crippen molar-refractivity contribution < 1.29 is 8.83 Å². The van der Waals surface area contributed by atoms with Crippen LogP contribution in [0.3, 0.4) is 0 Å². The highest BCUT2D eigenvalue weighted by Gasteiger charge is 2.23. The molecule has 7 rings (SSSR count). The van der Waals surface area contributed by atoms with E-state index in [1.165, 1.54) is 0 Å². The maximum absolute atomic E-state index is 6.61. The molecule has 38 heavy (non-hydrogen) atoms. The fourth-order valence-corrected chi connectivity index (χ4v) is 5.14. The van der Waals surface area contributed by atoms with Gasteiger partial charge in [-0.3, -0.25) is 0 Å². The van der Waals surface area contributed by atoms with Crippen LogP contribution < -0.4 is 11.5 Å². The predicted octanol–water partition coefficient (Wildman–Crippen LogP) is 9.01. The van der Waals surface area contributed by atoms with Crippen molar-refractivity contribution in [1.82, 2.24) is 0 Å².